The van der Waals surface area contributed by atoms with Crippen molar-refractivity contribution in [2.75, 3.05) is 20.1 Å². The molecular weight excluding hydrogens is 326 g/mol. The Morgan fingerprint density at radius 3 is 2.81 bits per heavy atom. The molecule has 4 N–H and O–H groups in total. The van der Waals surface area contributed by atoms with E-state index in [0.29, 0.717) is 12.0 Å². The molecule has 1 amide bonds. The number of rotatable bonds is 6. The van der Waals surface area contributed by atoms with Crippen molar-refractivity contribution in [1.82, 2.24) is 20.9 Å². The van der Waals surface area contributed by atoms with Gasteiger partial charge in [0.1, 0.15) is 0 Å². The number of benzene rings is 1. The number of aromatic nitrogens is 1. The number of amides is 1. The normalized spacial score (nSPS) is 15.8. The molecule has 1 fully saturated rings. The minimum atomic E-state index is 0.0384. The first kappa shape index (κ1) is 18.3. The van der Waals surface area contributed by atoms with Crippen molar-refractivity contribution in [1.29, 1.82) is 0 Å². The highest BCUT2D eigenvalue weighted by molar-refractivity contribution is 5.86. The molecule has 0 bridgehead atoms. The Morgan fingerprint density at radius 2 is 2.00 bits per heavy atom. The first-order valence-corrected chi connectivity index (χ1v) is 9.55. The Bertz CT molecular complexity index is 745. The van der Waals surface area contributed by atoms with Crippen LogP contribution in [0, 0.1) is 0 Å². The fourth-order valence-electron chi connectivity index (χ4n) is 3.56. The van der Waals surface area contributed by atoms with Crippen LogP contribution in [0.4, 0.5) is 0 Å². The number of aliphatic imine (C=N–C) groups is 1. The van der Waals surface area contributed by atoms with Gasteiger partial charge in [0.15, 0.2) is 5.96 Å². The number of carbonyl (C=O) groups is 1. The van der Waals surface area contributed by atoms with Crippen LogP contribution >= 0.6 is 0 Å². The van der Waals surface area contributed by atoms with Gasteiger partial charge in [-0.1, -0.05) is 37.5 Å². The van der Waals surface area contributed by atoms with Crippen LogP contribution in [-0.2, 0) is 11.2 Å². The molecule has 3 rings (SSSR count). The zero-order valence-electron chi connectivity index (χ0n) is 15.5. The van der Waals surface area contributed by atoms with E-state index in [4.69, 9.17) is 0 Å². The van der Waals surface area contributed by atoms with E-state index in [1.165, 1.54) is 30.2 Å². The summed E-state index contributed by atoms with van der Waals surface area (Å²) in [6, 6.07) is 8.64. The van der Waals surface area contributed by atoms with Crippen LogP contribution in [-0.4, -0.2) is 43.0 Å². The van der Waals surface area contributed by atoms with Gasteiger partial charge >= 0.3 is 0 Å². The molecule has 1 aliphatic carbocycles. The largest absolute Gasteiger partial charge is 0.361 e. The Balaban J connectivity index is 1.39. The van der Waals surface area contributed by atoms with Crippen LogP contribution in [0.25, 0.3) is 10.9 Å². The second-order valence-electron chi connectivity index (χ2n) is 6.86. The Kier molecular flexibility index (Phi) is 6.52. The average Bonchev–Trinajstić information content (AvgIpc) is 3.08. The molecule has 1 aromatic carbocycles. The summed E-state index contributed by atoms with van der Waals surface area (Å²) in [5.74, 6) is 0.695. The standard InChI is InChI=1S/C20H29N5O/c1-21-20(24-14-19(26)25-16-7-3-2-4-8-16)22-12-11-15-13-23-18-10-6-5-9-17(15)18/h5-6,9-10,13,16,23H,2-4,7-8,11-12,14H2,1H3,(H,25,26)(H2,21,22,24). The second kappa shape index (κ2) is 9.27. The lowest BCUT2D eigenvalue weighted by molar-refractivity contribution is -0.120. The maximum absolute atomic E-state index is 12.1. The number of nitrogens with one attached hydrogen (secondary N) is 4. The number of hydrogen-bond donors (Lipinski definition) is 4. The molecule has 140 valence electrons. The molecule has 0 atom stereocenters. The van der Waals surface area contributed by atoms with Crippen LogP contribution in [0.3, 0.4) is 0 Å². The maximum atomic E-state index is 12.1. The van der Waals surface area contributed by atoms with Gasteiger partial charge in [-0.25, -0.2) is 0 Å². The summed E-state index contributed by atoms with van der Waals surface area (Å²) in [6.07, 6.45) is 8.87. The number of guanidine groups is 1. The van der Waals surface area contributed by atoms with Gasteiger partial charge in [0, 0.05) is 36.7 Å². The van der Waals surface area contributed by atoms with Gasteiger partial charge in [-0.2, -0.15) is 0 Å². The molecule has 0 spiro atoms. The molecule has 6 nitrogen and oxygen atoms in total. The lowest BCUT2D eigenvalue weighted by Crippen LogP contribution is -2.46. The number of nitrogens with zero attached hydrogens (tertiary/aromatic N) is 1. The fourth-order valence-corrected chi connectivity index (χ4v) is 3.56. The van der Waals surface area contributed by atoms with E-state index < -0.39 is 0 Å². The van der Waals surface area contributed by atoms with Crippen molar-refractivity contribution < 1.29 is 4.79 Å². The van der Waals surface area contributed by atoms with E-state index >= 15 is 0 Å². The molecule has 0 radical (unpaired) electrons. The van der Waals surface area contributed by atoms with Crippen LogP contribution in [0.5, 0.6) is 0 Å². The SMILES string of the molecule is CN=C(NCCc1c[nH]c2ccccc12)NCC(=O)NC1CCCCC1. The highest BCUT2D eigenvalue weighted by Crippen LogP contribution is 2.18. The lowest BCUT2D eigenvalue weighted by atomic mass is 9.95. The van der Waals surface area contributed by atoms with Crippen molar-refractivity contribution in [3.8, 4) is 0 Å². The number of hydrogen-bond acceptors (Lipinski definition) is 2. The van der Waals surface area contributed by atoms with Gasteiger partial charge in [0.05, 0.1) is 6.54 Å². The Morgan fingerprint density at radius 1 is 1.19 bits per heavy atom. The Hall–Kier alpha value is -2.50. The van der Waals surface area contributed by atoms with E-state index in [-0.39, 0.29) is 12.5 Å². The van der Waals surface area contributed by atoms with Gasteiger partial charge in [0.25, 0.3) is 0 Å². The van der Waals surface area contributed by atoms with Crippen LogP contribution in [0.1, 0.15) is 37.7 Å². The molecule has 1 aromatic heterocycles. The minimum Gasteiger partial charge on any atom is -0.361 e. The van der Waals surface area contributed by atoms with Crippen LogP contribution < -0.4 is 16.0 Å². The summed E-state index contributed by atoms with van der Waals surface area (Å²) in [6.45, 7) is 1.01. The molecule has 0 aliphatic heterocycles. The van der Waals surface area contributed by atoms with Gasteiger partial charge in [-0.3, -0.25) is 9.79 Å². The Labute approximate surface area is 154 Å². The average molecular weight is 355 g/mol. The van der Waals surface area contributed by atoms with E-state index in [2.05, 4.69) is 50.3 Å². The number of aromatic amines is 1. The molecule has 0 saturated heterocycles. The molecule has 26 heavy (non-hydrogen) atoms. The fraction of sp³-hybridized carbons (Fsp3) is 0.500. The second-order valence-corrected chi connectivity index (χ2v) is 6.86. The smallest absolute Gasteiger partial charge is 0.239 e. The van der Waals surface area contributed by atoms with Crippen molar-refractivity contribution in [2.24, 2.45) is 4.99 Å². The van der Waals surface area contributed by atoms with Gasteiger partial charge in [0.2, 0.25) is 5.91 Å². The van der Waals surface area contributed by atoms with Crippen LogP contribution in [0.2, 0.25) is 0 Å². The minimum absolute atomic E-state index is 0.0384. The third-order valence-electron chi connectivity index (χ3n) is 4.97. The molecule has 2 aromatic rings. The summed E-state index contributed by atoms with van der Waals surface area (Å²) >= 11 is 0. The first-order chi connectivity index (χ1) is 12.8. The number of para-hydroxylation sites is 1. The predicted octanol–water partition coefficient (Wildman–Crippen LogP) is 2.32. The molecule has 1 saturated carbocycles. The van der Waals surface area contributed by atoms with Crippen molar-refractivity contribution in [3.63, 3.8) is 0 Å². The molecule has 6 heteroatoms. The number of fused-ring (bicyclic) bond motifs is 1. The predicted molar refractivity (Wildman–Crippen MR) is 106 cm³/mol. The van der Waals surface area contributed by atoms with E-state index in [0.717, 1.165) is 31.3 Å². The summed E-state index contributed by atoms with van der Waals surface area (Å²) in [4.78, 5) is 19.6. The summed E-state index contributed by atoms with van der Waals surface area (Å²) in [7, 11) is 1.72. The van der Waals surface area contributed by atoms with E-state index in [9.17, 15) is 4.79 Å². The van der Waals surface area contributed by atoms with Gasteiger partial charge in [-0.05, 0) is 30.9 Å². The van der Waals surface area contributed by atoms with Gasteiger partial charge < -0.3 is 20.9 Å². The quantitative estimate of drug-likeness (QED) is 0.474. The van der Waals surface area contributed by atoms with Crippen molar-refractivity contribution in [3.05, 3.63) is 36.0 Å². The van der Waals surface area contributed by atoms with E-state index in [1.54, 1.807) is 7.05 Å². The number of H-pyrrole nitrogens is 1. The maximum Gasteiger partial charge on any atom is 0.239 e. The van der Waals surface area contributed by atoms with Crippen molar-refractivity contribution >= 4 is 22.8 Å². The van der Waals surface area contributed by atoms with Crippen LogP contribution in [0.15, 0.2) is 35.5 Å². The zero-order valence-corrected chi connectivity index (χ0v) is 15.5. The molecule has 1 aliphatic rings. The summed E-state index contributed by atoms with van der Waals surface area (Å²) < 4.78 is 0. The van der Waals surface area contributed by atoms with E-state index in [1.807, 2.05) is 6.07 Å². The lowest BCUT2D eigenvalue weighted by Gasteiger charge is -2.23. The summed E-state index contributed by atoms with van der Waals surface area (Å²) in [5.41, 5.74) is 2.43. The summed E-state index contributed by atoms with van der Waals surface area (Å²) in [5, 5.41) is 10.7. The molecule has 0 unspecified atom stereocenters. The topological polar surface area (TPSA) is 81.3 Å². The molecule has 1 heterocycles. The zero-order chi connectivity index (χ0) is 18.2. The first-order valence-electron chi connectivity index (χ1n) is 9.55. The monoisotopic (exact) mass is 355 g/mol. The van der Waals surface area contributed by atoms with Gasteiger partial charge in [-0.15, -0.1) is 0 Å². The molecular formula is C20H29N5O. The number of carbonyl (C=O) groups excluding carboxylic acids is 1. The van der Waals surface area contributed by atoms with Crippen molar-refractivity contribution in [2.45, 2.75) is 44.6 Å². The third kappa shape index (κ3) is 5.00. The highest BCUT2D eigenvalue weighted by Gasteiger charge is 2.15. The third-order valence-corrected chi connectivity index (χ3v) is 4.97. The highest BCUT2D eigenvalue weighted by atomic mass is 16.2.